The Labute approximate surface area is 173 Å². The van der Waals surface area contributed by atoms with Gasteiger partial charge in [0.1, 0.15) is 0 Å². The molecule has 1 aliphatic carbocycles. The van der Waals surface area contributed by atoms with Gasteiger partial charge < -0.3 is 10.4 Å². The summed E-state index contributed by atoms with van der Waals surface area (Å²) in [4.78, 5) is 22.3. The number of benzene rings is 2. The molecule has 1 aromatic heterocycles. The zero-order chi connectivity index (χ0) is 20.6. The van der Waals surface area contributed by atoms with Crippen molar-refractivity contribution >= 4 is 35.0 Å². The zero-order valence-corrected chi connectivity index (χ0v) is 17.0. The normalized spacial score (nSPS) is 14.6. The first-order valence-electron chi connectivity index (χ1n) is 9.36. The Morgan fingerprint density at radius 2 is 1.86 bits per heavy atom. The van der Waals surface area contributed by atoms with E-state index in [4.69, 9.17) is 0 Å². The van der Waals surface area contributed by atoms with Crippen molar-refractivity contribution in [2.24, 2.45) is 0 Å². The van der Waals surface area contributed by atoms with Crippen LogP contribution >= 0.6 is 11.3 Å². The molecular weight excluding hydrogens is 382 g/mol. The van der Waals surface area contributed by atoms with Crippen LogP contribution in [0.25, 0.3) is 16.7 Å². The van der Waals surface area contributed by atoms with Crippen molar-refractivity contribution in [3.05, 3.63) is 81.6 Å². The Balaban J connectivity index is 1.85. The van der Waals surface area contributed by atoms with Gasteiger partial charge in [-0.2, -0.15) is 11.3 Å². The zero-order valence-electron chi connectivity index (χ0n) is 16.2. The number of hydrogen-bond donors (Lipinski definition) is 2. The number of aromatic carboxylic acids is 1. The van der Waals surface area contributed by atoms with Gasteiger partial charge in [-0.15, -0.1) is 0 Å². The van der Waals surface area contributed by atoms with Gasteiger partial charge >= 0.3 is 5.97 Å². The van der Waals surface area contributed by atoms with Crippen LogP contribution in [-0.4, -0.2) is 17.5 Å². The molecule has 1 aliphatic rings. The minimum Gasteiger partial charge on any atom is -0.478 e. The molecule has 0 atom stereocenters. The maximum Gasteiger partial charge on any atom is 0.337 e. The van der Waals surface area contributed by atoms with E-state index in [0.717, 1.165) is 17.5 Å². The average Bonchev–Trinajstić information content (AvgIpc) is 3.22. The summed E-state index contributed by atoms with van der Waals surface area (Å²) in [6.07, 6.45) is 3.78. The van der Waals surface area contributed by atoms with Gasteiger partial charge in [-0.05, 0) is 80.3 Å². The fourth-order valence-electron chi connectivity index (χ4n) is 3.90. The summed E-state index contributed by atoms with van der Waals surface area (Å²) in [7, 11) is 0. The minimum atomic E-state index is -1.07. The number of carbonyl (C=O) groups is 2. The van der Waals surface area contributed by atoms with Crippen molar-refractivity contribution in [3.8, 4) is 11.1 Å². The van der Waals surface area contributed by atoms with E-state index in [-0.39, 0.29) is 16.7 Å². The second-order valence-corrected chi connectivity index (χ2v) is 8.59. The second kappa shape index (κ2) is 7.33. The van der Waals surface area contributed by atoms with E-state index >= 15 is 0 Å². The highest BCUT2D eigenvalue weighted by atomic mass is 32.1. The molecule has 5 heteroatoms. The molecule has 2 aromatic carbocycles. The van der Waals surface area contributed by atoms with Crippen molar-refractivity contribution < 1.29 is 14.7 Å². The number of carboxylic acids is 1. The number of carbonyl (C=O) groups excluding carboxylic acids is 1. The molecule has 0 aliphatic heterocycles. The quantitative estimate of drug-likeness (QED) is 0.530. The average molecular weight is 404 g/mol. The van der Waals surface area contributed by atoms with Gasteiger partial charge in [0.25, 0.3) is 0 Å². The number of nitrogens with one attached hydrogen (secondary N) is 1. The molecule has 0 radical (unpaired) electrons. The number of rotatable bonds is 5. The predicted octanol–water partition coefficient (Wildman–Crippen LogP) is 5.79. The van der Waals surface area contributed by atoms with Crippen LogP contribution in [0.3, 0.4) is 0 Å². The van der Waals surface area contributed by atoms with Gasteiger partial charge in [0.2, 0.25) is 6.41 Å². The van der Waals surface area contributed by atoms with E-state index in [2.05, 4.69) is 60.3 Å². The van der Waals surface area contributed by atoms with E-state index in [1.165, 1.54) is 28.3 Å². The molecule has 3 aromatic rings. The van der Waals surface area contributed by atoms with E-state index in [1.54, 1.807) is 23.5 Å². The number of hydrogen-bond acceptors (Lipinski definition) is 3. The van der Waals surface area contributed by atoms with Crippen molar-refractivity contribution in [1.29, 1.82) is 0 Å². The lowest BCUT2D eigenvalue weighted by Crippen LogP contribution is -2.21. The van der Waals surface area contributed by atoms with E-state index in [1.807, 2.05) is 0 Å². The van der Waals surface area contributed by atoms with Crippen LogP contribution in [0.15, 0.2) is 59.3 Å². The Bertz CT molecular complexity index is 1130. The van der Waals surface area contributed by atoms with Gasteiger partial charge in [0.05, 0.1) is 11.3 Å². The van der Waals surface area contributed by atoms with Crippen LogP contribution in [0.5, 0.6) is 0 Å². The van der Waals surface area contributed by atoms with Gasteiger partial charge in [0, 0.05) is 0 Å². The summed E-state index contributed by atoms with van der Waals surface area (Å²) in [5.74, 6) is -1.07. The van der Waals surface area contributed by atoms with E-state index in [9.17, 15) is 14.7 Å². The summed E-state index contributed by atoms with van der Waals surface area (Å²) in [6, 6.07) is 13.6. The lowest BCUT2D eigenvalue weighted by molar-refractivity contribution is -0.105. The molecule has 146 valence electrons. The number of anilines is 1. The lowest BCUT2D eigenvalue weighted by atomic mass is 9.72. The SMILES string of the molecule is CC1(C)CC=C(c2ccsc2)c2cc(-c3ccc(C(=O)O)c(NC=O)c3)ccc21. The summed E-state index contributed by atoms with van der Waals surface area (Å²) in [5.41, 5.74) is 7.19. The number of amides is 1. The molecule has 0 saturated carbocycles. The van der Waals surface area contributed by atoms with Crippen LogP contribution in [0.1, 0.15) is 47.3 Å². The molecule has 0 unspecified atom stereocenters. The van der Waals surface area contributed by atoms with Crippen LogP contribution in [-0.2, 0) is 10.2 Å². The smallest absolute Gasteiger partial charge is 0.337 e. The van der Waals surface area contributed by atoms with Gasteiger partial charge in [-0.1, -0.05) is 38.1 Å². The first-order chi connectivity index (χ1) is 13.9. The fraction of sp³-hybridized carbons (Fsp3) is 0.167. The van der Waals surface area contributed by atoms with E-state index in [0.29, 0.717) is 6.41 Å². The van der Waals surface area contributed by atoms with Gasteiger partial charge in [0.15, 0.2) is 0 Å². The number of carboxylic acid groups (broad SMARTS) is 1. The molecule has 1 amide bonds. The predicted molar refractivity (Wildman–Crippen MR) is 118 cm³/mol. The first-order valence-corrected chi connectivity index (χ1v) is 10.3. The van der Waals surface area contributed by atoms with Crippen molar-refractivity contribution in [2.45, 2.75) is 25.7 Å². The van der Waals surface area contributed by atoms with Gasteiger partial charge in [-0.3, -0.25) is 4.79 Å². The van der Waals surface area contributed by atoms with E-state index < -0.39 is 5.97 Å². The summed E-state index contributed by atoms with van der Waals surface area (Å²) in [5, 5.41) is 16.1. The van der Waals surface area contributed by atoms with Crippen LogP contribution in [0, 0.1) is 0 Å². The maximum atomic E-state index is 11.4. The molecule has 0 spiro atoms. The molecule has 0 fully saturated rings. The molecule has 2 N–H and O–H groups in total. The number of allylic oxidation sites excluding steroid dienone is 1. The van der Waals surface area contributed by atoms with Crippen LogP contribution in [0.2, 0.25) is 0 Å². The number of fused-ring (bicyclic) bond motifs is 1. The second-order valence-electron chi connectivity index (χ2n) is 7.81. The molecule has 1 heterocycles. The molecule has 0 saturated heterocycles. The number of thiophene rings is 1. The molecule has 4 nitrogen and oxygen atoms in total. The van der Waals surface area contributed by atoms with Crippen molar-refractivity contribution in [3.63, 3.8) is 0 Å². The molecule has 29 heavy (non-hydrogen) atoms. The van der Waals surface area contributed by atoms with Gasteiger partial charge in [-0.25, -0.2) is 4.79 Å². The van der Waals surface area contributed by atoms with Crippen molar-refractivity contribution in [2.75, 3.05) is 5.32 Å². The van der Waals surface area contributed by atoms with Crippen LogP contribution in [0.4, 0.5) is 5.69 Å². The highest BCUT2D eigenvalue weighted by Gasteiger charge is 2.29. The first kappa shape index (κ1) is 19.2. The largest absolute Gasteiger partial charge is 0.478 e. The summed E-state index contributed by atoms with van der Waals surface area (Å²) in [6.45, 7) is 4.50. The third-order valence-electron chi connectivity index (χ3n) is 5.49. The van der Waals surface area contributed by atoms with Crippen LogP contribution < -0.4 is 5.32 Å². The molecule has 4 rings (SSSR count). The monoisotopic (exact) mass is 403 g/mol. The fourth-order valence-corrected chi connectivity index (χ4v) is 4.55. The highest BCUT2D eigenvalue weighted by molar-refractivity contribution is 7.08. The highest BCUT2D eigenvalue weighted by Crippen LogP contribution is 2.43. The Morgan fingerprint density at radius 3 is 2.55 bits per heavy atom. The topological polar surface area (TPSA) is 66.4 Å². The lowest BCUT2D eigenvalue weighted by Gasteiger charge is -2.32. The maximum absolute atomic E-state index is 11.4. The summed E-state index contributed by atoms with van der Waals surface area (Å²) >= 11 is 1.68. The Hall–Kier alpha value is -3.18. The standard InChI is InChI=1S/C24H21NO3S/c1-24(2)9-7-18(17-8-10-29-13-17)20-11-15(4-6-21(20)24)16-3-5-19(23(27)28)22(12-16)25-14-26/h3-8,10-14H,9H2,1-2H3,(H,25,26)(H,27,28). The summed E-state index contributed by atoms with van der Waals surface area (Å²) < 4.78 is 0. The third kappa shape index (κ3) is 3.49. The van der Waals surface area contributed by atoms with Crippen molar-refractivity contribution in [1.82, 2.24) is 0 Å². The molecule has 0 bridgehead atoms. The Kier molecular flexibility index (Phi) is 4.84. The third-order valence-corrected chi connectivity index (χ3v) is 6.17. The molecular formula is C24H21NO3S. The Morgan fingerprint density at radius 1 is 1.10 bits per heavy atom. The minimum absolute atomic E-state index is 0.0464.